The standard InChI is InChI=1S/C16H14F3N3O/c1-11-4-2-3-5-13(11)21-8-9-22(15(21)23)14-10-20-7-6-12(14)16(17,18)19/h2-7,10H,8-9H2,1H3. The van der Waals surface area contributed by atoms with Crippen molar-refractivity contribution in [3.05, 3.63) is 53.9 Å². The van der Waals surface area contributed by atoms with Crippen molar-refractivity contribution in [1.29, 1.82) is 0 Å². The Morgan fingerprint density at radius 1 is 1.04 bits per heavy atom. The van der Waals surface area contributed by atoms with Crippen LogP contribution in [0.3, 0.4) is 0 Å². The van der Waals surface area contributed by atoms with Crippen molar-refractivity contribution in [2.45, 2.75) is 13.1 Å². The molecule has 0 bridgehead atoms. The van der Waals surface area contributed by atoms with Gasteiger partial charge in [0.25, 0.3) is 0 Å². The van der Waals surface area contributed by atoms with E-state index in [1.165, 1.54) is 4.90 Å². The fourth-order valence-corrected chi connectivity index (χ4v) is 2.69. The molecule has 23 heavy (non-hydrogen) atoms. The van der Waals surface area contributed by atoms with Crippen molar-refractivity contribution >= 4 is 17.4 Å². The predicted octanol–water partition coefficient (Wildman–Crippen LogP) is 3.86. The molecule has 1 aromatic carbocycles. The van der Waals surface area contributed by atoms with Gasteiger partial charge in [-0.1, -0.05) is 18.2 Å². The number of pyridine rings is 1. The van der Waals surface area contributed by atoms with Crippen LogP contribution >= 0.6 is 0 Å². The summed E-state index contributed by atoms with van der Waals surface area (Å²) in [5.74, 6) is 0. The van der Waals surface area contributed by atoms with Gasteiger partial charge >= 0.3 is 12.2 Å². The number of carbonyl (C=O) groups is 1. The zero-order valence-electron chi connectivity index (χ0n) is 12.3. The summed E-state index contributed by atoms with van der Waals surface area (Å²) in [4.78, 5) is 19.0. The van der Waals surface area contributed by atoms with Gasteiger partial charge in [0.2, 0.25) is 0 Å². The molecule has 1 aliphatic heterocycles. The highest BCUT2D eigenvalue weighted by atomic mass is 19.4. The van der Waals surface area contributed by atoms with Crippen LogP contribution in [0.2, 0.25) is 0 Å². The molecule has 0 radical (unpaired) electrons. The number of benzene rings is 1. The first-order valence-electron chi connectivity index (χ1n) is 7.05. The molecule has 1 fully saturated rings. The Morgan fingerprint density at radius 2 is 1.70 bits per heavy atom. The van der Waals surface area contributed by atoms with E-state index in [-0.39, 0.29) is 12.2 Å². The van der Waals surface area contributed by atoms with E-state index < -0.39 is 17.8 Å². The van der Waals surface area contributed by atoms with Crippen molar-refractivity contribution in [2.75, 3.05) is 22.9 Å². The number of alkyl halides is 3. The number of para-hydroxylation sites is 1. The highest BCUT2D eigenvalue weighted by molar-refractivity contribution is 6.06. The van der Waals surface area contributed by atoms with Crippen molar-refractivity contribution < 1.29 is 18.0 Å². The molecule has 7 heteroatoms. The van der Waals surface area contributed by atoms with Gasteiger partial charge in [-0.05, 0) is 24.6 Å². The molecule has 2 aromatic rings. The van der Waals surface area contributed by atoms with Gasteiger partial charge in [-0.3, -0.25) is 14.8 Å². The first-order valence-corrected chi connectivity index (χ1v) is 7.05. The maximum atomic E-state index is 13.1. The van der Waals surface area contributed by atoms with Crippen LogP contribution < -0.4 is 9.80 Å². The fraction of sp³-hybridized carbons (Fsp3) is 0.250. The van der Waals surface area contributed by atoms with Crippen LogP contribution in [-0.4, -0.2) is 24.1 Å². The lowest BCUT2D eigenvalue weighted by atomic mass is 10.2. The second-order valence-corrected chi connectivity index (χ2v) is 5.26. The summed E-state index contributed by atoms with van der Waals surface area (Å²) in [6, 6.07) is 7.70. The van der Waals surface area contributed by atoms with Crippen LogP contribution in [0.15, 0.2) is 42.7 Å². The number of hydrogen-bond donors (Lipinski definition) is 0. The zero-order chi connectivity index (χ0) is 16.6. The number of halogens is 3. The van der Waals surface area contributed by atoms with Crippen molar-refractivity contribution in [2.24, 2.45) is 0 Å². The molecule has 0 spiro atoms. The van der Waals surface area contributed by atoms with Gasteiger partial charge in [0.15, 0.2) is 0 Å². The molecule has 2 amide bonds. The number of hydrogen-bond acceptors (Lipinski definition) is 2. The van der Waals surface area contributed by atoms with Crippen LogP contribution in [0.5, 0.6) is 0 Å². The monoisotopic (exact) mass is 321 g/mol. The minimum absolute atomic E-state index is 0.182. The maximum absolute atomic E-state index is 13.1. The Hall–Kier alpha value is -2.57. The fourth-order valence-electron chi connectivity index (χ4n) is 2.69. The van der Waals surface area contributed by atoms with Gasteiger partial charge in [0.1, 0.15) is 0 Å². The number of aryl methyl sites for hydroxylation is 1. The van der Waals surface area contributed by atoms with Gasteiger partial charge in [0, 0.05) is 25.0 Å². The van der Waals surface area contributed by atoms with Gasteiger partial charge in [0.05, 0.1) is 17.4 Å². The molecular weight excluding hydrogens is 307 g/mol. The van der Waals surface area contributed by atoms with E-state index >= 15 is 0 Å². The minimum Gasteiger partial charge on any atom is -0.292 e. The van der Waals surface area contributed by atoms with Gasteiger partial charge < -0.3 is 0 Å². The van der Waals surface area contributed by atoms with Gasteiger partial charge in [-0.15, -0.1) is 0 Å². The topological polar surface area (TPSA) is 36.4 Å². The Morgan fingerprint density at radius 3 is 2.35 bits per heavy atom. The normalized spacial score (nSPS) is 15.4. The lowest BCUT2D eigenvalue weighted by Crippen LogP contribution is -2.33. The predicted molar refractivity (Wildman–Crippen MR) is 80.5 cm³/mol. The highest BCUT2D eigenvalue weighted by Gasteiger charge is 2.39. The number of urea groups is 1. The van der Waals surface area contributed by atoms with Crippen LogP contribution in [0.1, 0.15) is 11.1 Å². The summed E-state index contributed by atoms with van der Waals surface area (Å²) >= 11 is 0. The molecule has 0 aliphatic carbocycles. The summed E-state index contributed by atoms with van der Waals surface area (Å²) in [6.45, 7) is 2.37. The molecule has 2 heterocycles. The maximum Gasteiger partial charge on any atom is 0.418 e. The van der Waals surface area contributed by atoms with Crippen molar-refractivity contribution in [3.8, 4) is 0 Å². The molecule has 0 atom stereocenters. The average molecular weight is 321 g/mol. The number of rotatable bonds is 2. The number of amides is 2. The lowest BCUT2D eigenvalue weighted by Gasteiger charge is -2.22. The van der Waals surface area contributed by atoms with E-state index in [0.29, 0.717) is 12.2 Å². The second-order valence-electron chi connectivity index (χ2n) is 5.26. The molecule has 1 saturated heterocycles. The average Bonchev–Trinajstić information content (AvgIpc) is 2.88. The molecule has 1 aromatic heterocycles. The second kappa shape index (κ2) is 5.57. The Bertz CT molecular complexity index is 745. The SMILES string of the molecule is Cc1ccccc1N1CCN(c2cnccc2C(F)(F)F)C1=O. The summed E-state index contributed by atoms with van der Waals surface area (Å²) in [7, 11) is 0. The van der Waals surface area contributed by atoms with Gasteiger partial charge in [-0.2, -0.15) is 13.2 Å². The molecule has 1 aliphatic rings. The largest absolute Gasteiger partial charge is 0.418 e. The lowest BCUT2D eigenvalue weighted by molar-refractivity contribution is -0.137. The minimum atomic E-state index is -4.53. The molecule has 3 rings (SSSR count). The third kappa shape index (κ3) is 2.74. The molecule has 4 nitrogen and oxygen atoms in total. The molecule has 120 valence electrons. The number of carbonyl (C=O) groups excluding carboxylic acids is 1. The number of anilines is 2. The molecule has 0 N–H and O–H groups in total. The first-order chi connectivity index (χ1) is 10.9. The van der Waals surface area contributed by atoms with E-state index in [1.807, 2.05) is 19.1 Å². The van der Waals surface area contributed by atoms with E-state index in [0.717, 1.165) is 28.9 Å². The summed E-state index contributed by atoms with van der Waals surface area (Å²) < 4.78 is 39.4. The van der Waals surface area contributed by atoms with E-state index in [4.69, 9.17) is 0 Å². The Labute approximate surface area is 131 Å². The quantitative estimate of drug-likeness (QED) is 0.842. The van der Waals surface area contributed by atoms with E-state index in [2.05, 4.69) is 4.98 Å². The number of aromatic nitrogens is 1. The van der Waals surface area contributed by atoms with Crippen LogP contribution in [0.25, 0.3) is 0 Å². The van der Waals surface area contributed by atoms with Crippen LogP contribution in [0.4, 0.5) is 29.3 Å². The van der Waals surface area contributed by atoms with Gasteiger partial charge in [-0.25, -0.2) is 4.79 Å². The molecule has 0 saturated carbocycles. The molecular formula is C16H14F3N3O. The first kappa shape index (κ1) is 15.3. The third-order valence-electron chi connectivity index (χ3n) is 3.81. The van der Waals surface area contributed by atoms with E-state index in [1.54, 1.807) is 12.1 Å². The highest BCUT2D eigenvalue weighted by Crippen LogP contribution is 2.37. The van der Waals surface area contributed by atoms with Crippen LogP contribution in [-0.2, 0) is 6.18 Å². The molecule has 0 unspecified atom stereocenters. The van der Waals surface area contributed by atoms with Crippen LogP contribution in [0, 0.1) is 6.92 Å². The summed E-state index contributed by atoms with van der Waals surface area (Å²) in [5.41, 5.74) is 0.538. The van der Waals surface area contributed by atoms with Crippen molar-refractivity contribution in [1.82, 2.24) is 4.98 Å². The number of nitrogens with zero attached hydrogens (tertiary/aromatic N) is 3. The smallest absolute Gasteiger partial charge is 0.292 e. The van der Waals surface area contributed by atoms with Crippen molar-refractivity contribution in [3.63, 3.8) is 0 Å². The zero-order valence-corrected chi connectivity index (χ0v) is 12.3. The third-order valence-corrected chi connectivity index (χ3v) is 3.81. The Kier molecular flexibility index (Phi) is 3.71. The summed E-state index contributed by atoms with van der Waals surface area (Å²) in [5, 5.41) is 0. The Balaban J connectivity index is 1.96. The summed E-state index contributed by atoms with van der Waals surface area (Å²) in [6.07, 6.45) is -2.37. The van der Waals surface area contributed by atoms with E-state index in [9.17, 15) is 18.0 Å².